The first-order valence-electron chi connectivity index (χ1n) is 7.83. The van der Waals surface area contributed by atoms with Crippen molar-refractivity contribution in [2.24, 2.45) is 0 Å². The molecular weight excluding hydrogens is 296 g/mol. The van der Waals surface area contributed by atoms with Gasteiger partial charge in [-0.2, -0.15) is 0 Å². The van der Waals surface area contributed by atoms with Crippen molar-refractivity contribution in [2.45, 2.75) is 32.5 Å². The van der Waals surface area contributed by atoms with E-state index in [0.717, 1.165) is 48.8 Å². The van der Waals surface area contributed by atoms with Gasteiger partial charge in [-0.3, -0.25) is 0 Å². The van der Waals surface area contributed by atoms with Gasteiger partial charge in [-0.1, -0.05) is 6.07 Å². The quantitative estimate of drug-likeness (QED) is 0.924. The number of carboxylic acid groups (broad SMARTS) is 1. The van der Waals surface area contributed by atoms with Crippen LogP contribution in [0, 0.1) is 0 Å². The monoisotopic (exact) mass is 314 g/mol. The van der Waals surface area contributed by atoms with E-state index in [1.165, 1.54) is 0 Å². The van der Waals surface area contributed by atoms with Gasteiger partial charge in [-0.25, -0.2) is 4.79 Å². The van der Waals surface area contributed by atoms with Gasteiger partial charge in [0.15, 0.2) is 11.6 Å². The molecule has 23 heavy (non-hydrogen) atoms. The van der Waals surface area contributed by atoms with E-state index in [0.29, 0.717) is 25.3 Å². The number of hydrogen-bond donors (Lipinski definition) is 1. The molecule has 0 bridgehead atoms. The number of aromatic carboxylic acids is 1. The second-order valence-electron chi connectivity index (χ2n) is 5.87. The zero-order valence-corrected chi connectivity index (χ0v) is 12.7. The molecule has 2 aliphatic rings. The van der Waals surface area contributed by atoms with Crippen molar-refractivity contribution in [3.05, 3.63) is 41.0 Å². The van der Waals surface area contributed by atoms with Crippen molar-refractivity contribution in [3.63, 3.8) is 0 Å². The van der Waals surface area contributed by atoms with Crippen molar-refractivity contribution < 1.29 is 14.6 Å². The Morgan fingerprint density at radius 1 is 1.30 bits per heavy atom. The fourth-order valence-corrected chi connectivity index (χ4v) is 3.41. The number of aromatic nitrogens is 3. The van der Waals surface area contributed by atoms with Crippen LogP contribution >= 0.6 is 0 Å². The lowest BCUT2D eigenvalue weighted by Crippen LogP contribution is -2.31. The normalized spacial score (nSPS) is 16.8. The Kier molecular flexibility index (Phi) is 3.49. The molecule has 0 aliphatic carbocycles. The lowest BCUT2D eigenvalue weighted by molar-refractivity contribution is 0.0695. The summed E-state index contributed by atoms with van der Waals surface area (Å²) in [4.78, 5) is 13.6. The van der Waals surface area contributed by atoms with E-state index in [1.807, 2.05) is 12.1 Å². The molecule has 1 aromatic heterocycles. The molecule has 2 aliphatic heterocycles. The molecule has 0 saturated heterocycles. The Morgan fingerprint density at radius 3 is 3.09 bits per heavy atom. The number of rotatable bonds is 3. The number of hydrogen-bond acceptors (Lipinski definition) is 5. The van der Waals surface area contributed by atoms with Crippen LogP contribution in [0.25, 0.3) is 0 Å². The maximum absolute atomic E-state index is 11.4. The molecule has 1 aromatic carbocycles. The second-order valence-corrected chi connectivity index (χ2v) is 5.87. The largest absolute Gasteiger partial charge is 0.478 e. The molecular formula is C16H18N4O3. The molecule has 2 aromatic rings. The predicted octanol–water partition coefficient (Wildman–Crippen LogP) is 1.46. The van der Waals surface area contributed by atoms with Gasteiger partial charge in [0, 0.05) is 18.8 Å². The van der Waals surface area contributed by atoms with Gasteiger partial charge in [0.1, 0.15) is 6.61 Å². The van der Waals surface area contributed by atoms with Crippen LogP contribution in [0.1, 0.15) is 34.0 Å². The standard InChI is InChI=1S/C16H18N4O3/c21-16(22)12-3-1-5-13-11(12)4-2-6-19(13)9-14-17-18-15-10-23-8-7-20(14)15/h1,3,5H,2,4,6-10H2,(H,21,22). The van der Waals surface area contributed by atoms with Gasteiger partial charge in [0.2, 0.25) is 0 Å². The van der Waals surface area contributed by atoms with E-state index in [4.69, 9.17) is 4.74 Å². The summed E-state index contributed by atoms with van der Waals surface area (Å²) in [6.07, 6.45) is 1.75. The fourth-order valence-electron chi connectivity index (χ4n) is 3.41. The van der Waals surface area contributed by atoms with Crippen LogP contribution < -0.4 is 4.90 Å². The van der Waals surface area contributed by atoms with Crippen LogP contribution in [-0.2, 0) is 30.9 Å². The summed E-state index contributed by atoms with van der Waals surface area (Å²) in [6.45, 7) is 3.50. The molecule has 1 N–H and O–H groups in total. The summed E-state index contributed by atoms with van der Waals surface area (Å²) in [5, 5.41) is 17.9. The van der Waals surface area contributed by atoms with Crippen LogP contribution in [0.5, 0.6) is 0 Å². The third kappa shape index (κ3) is 2.46. The highest BCUT2D eigenvalue weighted by Crippen LogP contribution is 2.31. The number of fused-ring (bicyclic) bond motifs is 2. The number of nitrogens with zero attached hydrogens (tertiary/aromatic N) is 4. The molecule has 0 saturated carbocycles. The molecule has 7 nitrogen and oxygen atoms in total. The zero-order valence-electron chi connectivity index (χ0n) is 12.7. The molecule has 4 rings (SSSR count). The van der Waals surface area contributed by atoms with E-state index >= 15 is 0 Å². The smallest absolute Gasteiger partial charge is 0.336 e. The van der Waals surface area contributed by atoms with Crippen LogP contribution in [0.2, 0.25) is 0 Å². The van der Waals surface area contributed by atoms with E-state index < -0.39 is 5.97 Å². The van der Waals surface area contributed by atoms with E-state index in [1.54, 1.807) is 6.07 Å². The highest BCUT2D eigenvalue weighted by molar-refractivity contribution is 5.91. The third-order valence-corrected chi connectivity index (χ3v) is 4.50. The van der Waals surface area contributed by atoms with Gasteiger partial charge in [0.05, 0.1) is 18.7 Å². The van der Waals surface area contributed by atoms with Gasteiger partial charge in [-0.05, 0) is 30.5 Å². The van der Waals surface area contributed by atoms with Crippen LogP contribution in [0.15, 0.2) is 18.2 Å². The van der Waals surface area contributed by atoms with Crippen molar-refractivity contribution in [1.29, 1.82) is 0 Å². The first kappa shape index (κ1) is 14.2. The lowest BCUT2D eigenvalue weighted by atomic mass is 9.96. The summed E-state index contributed by atoms with van der Waals surface area (Å²) < 4.78 is 7.51. The highest BCUT2D eigenvalue weighted by atomic mass is 16.5. The average molecular weight is 314 g/mol. The Labute approximate surface area is 133 Å². The number of anilines is 1. The second kappa shape index (κ2) is 5.66. The topological polar surface area (TPSA) is 80.5 Å². The molecule has 0 spiro atoms. The molecule has 0 fully saturated rings. The zero-order chi connectivity index (χ0) is 15.8. The van der Waals surface area contributed by atoms with Crippen LogP contribution in [0.4, 0.5) is 5.69 Å². The minimum absolute atomic E-state index is 0.406. The fraction of sp³-hybridized carbons (Fsp3) is 0.438. The molecule has 0 radical (unpaired) electrons. The summed E-state index contributed by atoms with van der Waals surface area (Å²) in [6, 6.07) is 5.49. The summed E-state index contributed by atoms with van der Waals surface area (Å²) in [5.74, 6) is 0.917. The summed E-state index contributed by atoms with van der Waals surface area (Å²) >= 11 is 0. The van der Waals surface area contributed by atoms with Gasteiger partial charge in [-0.15, -0.1) is 10.2 Å². The van der Waals surface area contributed by atoms with E-state index in [9.17, 15) is 9.90 Å². The van der Waals surface area contributed by atoms with E-state index in [2.05, 4.69) is 19.7 Å². The van der Waals surface area contributed by atoms with Crippen molar-refractivity contribution in [3.8, 4) is 0 Å². The average Bonchev–Trinajstić information content (AvgIpc) is 2.98. The van der Waals surface area contributed by atoms with Gasteiger partial charge >= 0.3 is 5.97 Å². The van der Waals surface area contributed by atoms with Crippen molar-refractivity contribution >= 4 is 11.7 Å². The maximum Gasteiger partial charge on any atom is 0.336 e. The number of benzene rings is 1. The van der Waals surface area contributed by atoms with Crippen LogP contribution in [0.3, 0.4) is 0 Å². The summed E-state index contributed by atoms with van der Waals surface area (Å²) in [7, 11) is 0. The number of carbonyl (C=O) groups is 1. The molecule has 3 heterocycles. The van der Waals surface area contributed by atoms with Crippen molar-refractivity contribution in [2.75, 3.05) is 18.1 Å². The van der Waals surface area contributed by atoms with Gasteiger partial charge in [0.25, 0.3) is 0 Å². The first-order valence-corrected chi connectivity index (χ1v) is 7.83. The highest BCUT2D eigenvalue weighted by Gasteiger charge is 2.24. The Hall–Kier alpha value is -2.41. The third-order valence-electron chi connectivity index (χ3n) is 4.50. The Bertz CT molecular complexity index is 756. The SMILES string of the molecule is O=C(O)c1cccc2c1CCCN2Cc1nnc2n1CCOC2. The minimum atomic E-state index is -0.860. The number of ether oxygens (including phenoxy) is 1. The Balaban J connectivity index is 1.66. The lowest BCUT2D eigenvalue weighted by Gasteiger charge is -2.32. The molecule has 0 atom stereocenters. The predicted molar refractivity (Wildman–Crippen MR) is 82.5 cm³/mol. The molecule has 0 amide bonds. The first-order chi connectivity index (χ1) is 11.2. The van der Waals surface area contributed by atoms with Gasteiger partial charge < -0.3 is 19.3 Å². The Morgan fingerprint density at radius 2 is 2.22 bits per heavy atom. The molecule has 7 heteroatoms. The molecule has 120 valence electrons. The van der Waals surface area contributed by atoms with Crippen LogP contribution in [-0.4, -0.2) is 39.0 Å². The summed E-state index contributed by atoms with van der Waals surface area (Å²) in [5.41, 5.74) is 2.33. The molecule has 0 unspecified atom stereocenters. The number of carboxylic acids is 1. The maximum atomic E-state index is 11.4. The van der Waals surface area contributed by atoms with Crippen molar-refractivity contribution in [1.82, 2.24) is 14.8 Å². The van der Waals surface area contributed by atoms with E-state index in [-0.39, 0.29) is 0 Å². The minimum Gasteiger partial charge on any atom is -0.478 e.